The van der Waals surface area contributed by atoms with Crippen molar-refractivity contribution in [3.05, 3.63) is 36.8 Å². The number of hydrogen-bond acceptors (Lipinski definition) is 6. The summed E-state index contributed by atoms with van der Waals surface area (Å²) in [6.07, 6.45) is 0.602. The van der Waals surface area contributed by atoms with E-state index in [0.29, 0.717) is 0 Å². The molecule has 6 heteroatoms. The van der Waals surface area contributed by atoms with Gasteiger partial charge in [0, 0.05) is 0 Å². The molecule has 0 fully saturated rings. The predicted molar refractivity (Wildman–Crippen MR) is 62.3 cm³/mol. The molecule has 18 heavy (non-hydrogen) atoms. The molecule has 0 spiro atoms. The molecule has 2 N–H and O–H groups in total. The van der Waals surface area contributed by atoms with Gasteiger partial charge in [0.25, 0.3) is 0 Å². The van der Waals surface area contributed by atoms with Crippen LogP contribution in [0.4, 0.5) is 0 Å². The minimum atomic E-state index is -1.27. The Morgan fingerprint density at radius 2 is 1.94 bits per heavy atom. The van der Waals surface area contributed by atoms with Crippen molar-refractivity contribution in [2.45, 2.75) is 12.2 Å². The first-order chi connectivity index (χ1) is 8.65. The van der Waals surface area contributed by atoms with Gasteiger partial charge < -0.3 is 24.4 Å². The minimum Gasteiger partial charge on any atom is -0.486 e. The molecular formula is C12H16O6. The van der Waals surface area contributed by atoms with Crippen molar-refractivity contribution in [3.8, 4) is 0 Å². The van der Waals surface area contributed by atoms with Gasteiger partial charge in [-0.25, -0.2) is 4.79 Å². The highest BCUT2D eigenvalue weighted by molar-refractivity contribution is 5.89. The van der Waals surface area contributed by atoms with E-state index in [1.165, 1.54) is 12.2 Å². The van der Waals surface area contributed by atoms with Crippen LogP contribution in [0.25, 0.3) is 0 Å². The number of esters is 1. The molecule has 0 aliphatic carbocycles. The van der Waals surface area contributed by atoms with Crippen molar-refractivity contribution in [3.63, 3.8) is 0 Å². The number of aliphatic hydroxyl groups excluding tert-OH is 2. The van der Waals surface area contributed by atoms with Crippen LogP contribution < -0.4 is 0 Å². The fraction of sp³-hybridized carbons (Fsp3) is 0.417. The fourth-order valence-corrected chi connectivity index (χ4v) is 1.37. The summed E-state index contributed by atoms with van der Waals surface area (Å²) in [7, 11) is 0. The lowest BCUT2D eigenvalue weighted by molar-refractivity contribution is -0.148. The van der Waals surface area contributed by atoms with E-state index in [1.807, 2.05) is 0 Å². The zero-order valence-electron chi connectivity index (χ0n) is 9.87. The van der Waals surface area contributed by atoms with Gasteiger partial charge in [0.05, 0.1) is 6.61 Å². The summed E-state index contributed by atoms with van der Waals surface area (Å²) in [5, 5.41) is 18.4. The molecule has 1 aliphatic heterocycles. The van der Waals surface area contributed by atoms with Crippen LogP contribution >= 0.6 is 0 Å². The van der Waals surface area contributed by atoms with Crippen LogP contribution in [0.1, 0.15) is 0 Å². The second-order valence-corrected chi connectivity index (χ2v) is 3.47. The Balaban J connectivity index is 2.93. The van der Waals surface area contributed by atoms with E-state index in [2.05, 4.69) is 13.2 Å². The summed E-state index contributed by atoms with van der Waals surface area (Å²) in [5.41, 5.74) is 0. The van der Waals surface area contributed by atoms with E-state index in [4.69, 9.17) is 19.3 Å². The van der Waals surface area contributed by atoms with Crippen LogP contribution in [0, 0.1) is 0 Å². The number of cyclic esters (lactones) is 1. The van der Waals surface area contributed by atoms with Crippen molar-refractivity contribution in [1.82, 2.24) is 0 Å². The number of hydrogen-bond donors (Lipinski definition) is 2. The Kier molecular flexibility index (Phi) is 5.41. The zero-order valence-corrected chi connectivity index (χ0v) is 9.87. The molecule has 0 aromatic carbocycles. The molecule has 0 aromatic rings. The standard InChI is InChI=1S/C12H16O6/c1-3-5-16-10-9(8(14)7-13)18-12(15)11(10)17-6-4-2/h3-4,8-9,13-14H,1-2,5-7H2/t8-,9+/m0/s1. The molecular weight excluding hydrogens is 240 g/mol. The normalized spacial score (nSPS) is 20.3. The minimum absolute atomic E-state index is 0.0586. The first-order valence-electron chi connectivity index (χ1n) is 5.37. The largest absolute Gasteiger partial charge is 0.486 e. The first kappa shape index (κ1) is 14.3. The Morgan fingerprint density at radius 1 is 1.33 bits per heavy atom. The van der Waals surface area contributed by atoms with Gasteiger partial charge in [0.2, 0.25) is 5.76 Å². The van der Waals surface area contributed by atoms with Crippen LogP contribution in [0.5, 0.6) is 0 Å². The number of rotatable bonds is 8. The summed E-state index contributed by atoms with van der Waals surface area (Å²) in [6, 6.07) is 0. The van der Waals surface area contributed by atoms with Crippen LogP contribution in [0.3, 0.4) is 0 Å². The topological polar surface area (TPSA) is 85.2 Å². The molecule has 6 nitrogen and oxygen atoms in total. The molecule has 0 saturated heterocycles. The summed E-state index contributed by atoms with van der Waals surface area (Å²) in [6.45, 7) is 6.60. The molecule has 0 unspecified atom stereocenters. The van der Waals surface area contributed by atoms with Gasteiger partial charge in [0.1, 0.15) is 19.3 Å². The zero-order chi connectivity index (χ0) is 13.5. The first-order valence-corrected chi connectivity index (χ1v) is 5.37. The molecule has 1 rings (SSSR count). The highest BCUT2D eigenvalue weighted by atomic mass is 16.6. The summed E-state index contributed by atoms with van der Waals surface area (Å²) >= 11 is 0. The van der Waals surface area contributed by atoms with Crippen molar-refractivity contribution in [2.24, 2.45) is 0 Å². The molecule has 0 saturated carbocycles. The molecule has 2 atom stereocenters. The molecule has 1 heterocycles. The van der Waals surface area contributed by atoms with Gasteiger partial charge in [-0.1, -0.05) is 25.3 Å². The maximum absolute atomic E-state index is 11.5. The van der Waals surface area contributed by atoms with E-state index in [-0.39, 0.29) is 24.7 Å². The van der Waals surface area contributed by atoms with Gasteiger partial charge in [-0.15, -0.1) is 0 Å². The fourth-order valence-electron chi connectivity index (χ4n) is 1.37. The number of carbonyl (C=O) groups excluding carboxylic acids is 1. The number of ether oxygens (including phenoxy) is 3. The average molecular weight is 256 g/mol. The molecule has 0 bridgehead atoms. The summed E-state index contributed by atoms with van der Waals surface area (Å²) < 4.78 is 15.3. The molecule has 0 amide bonds. The highest BCUT2D eigenvalue weighted by Crippen LogP contribution is 2.27. The lowest BCUT2D eigenvalue weighted by Crippen LogP contribution is -2.32. The van der Waals surface area contributed by atoms with Crippen LogP contribution in [0.2, 0.25) is 0 Å². The van der Waals surface area contributed by atoms with E-state index >= 15 is 0 Å². The van der Waals surface area contributed by atoms with E-state index in [9.17, 15) is 9.90 Å². The average Bonchev–Trinajstić information content (AvgIpc) is 2.69. The quantitative estimate of drug-likeness (QED) is 0.465. The molecule has 0 aromatic heterocycles. The second kappa shape index (κ2) is 6.83. The summed E-state index contributed by atoms with van der Waals surface area (Å²) in [5.74, 6) is -0.800. The molecule has 0 radical (unpaired) electrons. The van der Waals surface area contributed by atoms with Gasteiger partial charge in [0.15, 0.2) is 11.9 Å². The van der Waals surface area contributed by atoms with Crippen molar-refractivity contribution >= 4 is 5.97 Å². The van der Waals surface area contributed by atoms with E-state index in [1.54, 1.807) is 0 Å². The Morgan fingerprint density at radius 3 is 2.50 bits per heavy atom. The van der Waals surface area contributed by atoms with Gasteiger partial charge in [-0.2, -0.15) is 0 Å². The second-order valence-electron chi connectivity index (χ2n) is 3.47. The van der Waals surface area contributed by atoms with Crippen LogP contribution in [-0.4, -0.2) is 48.2 Å². The van der Waals surface area contributed by atoms with Gasteiger partial charge in [-0.3, -0.25) is 0 Å². The Bertz CT molecular complexity index is 360. The Hall–Kier alpha value is -1.79. The third-order valence-electron chi connectivity index (χ3n) is 2.14. The lowest BCUT2D eigenvalue weighted by atomic mass is 10.2. The third kappa shape index (κ3) is 3.12. The number of aliphatic hydroxyl groups is 2. The van der Waals surface area contributed by atoms with Gasteiger partial charge in [-0.05, 0) is 0 Å². The van der Waals surface area contributed by atoms with Gasteiger partial charge >= 0.3 is 5.97 Å². The van der Waals surface area contributed by atoms with Crippen molar-refractivity contribution in [2.75, 3.05) is 19.8 Å². The lowest BCUT2D eigenvalue weighted by Gasteiger charge is -2.17. The Labute approximate surface area is 105 Å². The maximum Gasteiger partial charge on any atom is 0.378 e. The van der Waals surface area contributed by atoms with E-state index < -0.39 is 24.8 Å². The van der Waals surface area contributed by atoms with Crippen molar-refractivity contribution < 1.29 is 29.2 Å². The maximum atomic E-state index is 11.5. The number of carbonyl (C=O) groups is 1. The smallest absolute Gasteiger partial charge is 0.378 e. The summed E-state index contributed by atoms with van der Waals surface area (Å²) in [4.78, 5) is 11.5. The SMILES string of the molecule is C=CCOC1=C(OCC=C)[C@@H]([C@@H](O)CO)OC1=O. The van der Waals surface area contributed by atoms with Crippen molar-refractivity contribution in [1.29, 1.82) is 0 Å². The molecule has 1 aliphatic rings. The monoisotopic (exact) mass is 256 g/mol. The highest BCUT2D eigenvalue weighted by Gasteiger charge is 2.41. The third-order valence-corrected chi connectivity index (χ3v) is 2.14. The van der Waals surface area contributed by atoms with Crippen LogP contribution in [-0.2, 0) is 19.0 Å². The molecule has 100 valence electrons. The van der Waals surface area contributed by atoms with Crippen LogP contribution in [0.15, 0.2) is 36.8 Å². The van der Waals surface area contributed by atoms with E-state index in [0.717, 1.165) is 0 Å². The predicted octanol–water partition coefficient (Wildman–Crippen LogP) is -0.118.